The Bertz CT molecular complexity index is 975. The standard InChI is InChI=1S/C15H22F2N5O9P/c1-7(11(24)21(2)3)20-32(28,29)30-6-8-10(23)15(16,17)12(31-8)22-5-4-9(18-13(22)25)19-14(26)27/h4-5,7-8,10,12,23H,6H2,1-3H3,(H,26,27)(H,18,19,25)(H2,20,28,29)/t7?,8-,10-,12-/m1/s1. The summed E-state index contributed by atoms with van der Waals surface area (Å²) in [5, 5.41) is 22.3. The highest BCUT2D eigenvalue weighted by atomic mass is 31.2. The molecule has 0 aromatic carbocycles. The van der Waals surface area contributed by atoms with Gasteiger partial charge < -0.3 is 24.7 Å². The first kappa shape index (κ1) is 25.8. The number of nitrogens with zero attached hydrogens (tertiary/aromatic N) is 3. The van der Waals surface area contributed by atoms with Gasteiger partial charge in [-0.1, -0.05) is 0 Å². The smallest absolute Gasteiger partial charge is 0.410 e. The number of hydrogen-bond acceptors (Lipinski definition) is 8. The van der Waals surface area contributed by atoms with Crippen LogP contribution in [0.5, 0.6) is 0 Å². The van der Waals surface area contributed by atoms with Crippen LogP contribution >= 0.6 is 7.75 Å². The second-order valence-corrected chi connectivity index (χ2v) is 8.54. The molecule has 2 unspecified atom stereocenters. The van der Waals surface area contributed by atoms with Gasteiger partial charge in [0.2, 0.25) is 12.1 Å². The third-order valence-electron chi connectivity index (χ3n) is 4.28. The maximum atomic E-state index is 14.5. The molecule has 1 aliphatic rings. The summed E-state index contributed by atoms with van der Waals surface area (Å²) >= 11 is 0. The van der Waals surface area contributed by atoms with E-state index in [2.05, 4.69) is 9.51 Å². The van der Waals surface area contributed by atoms with Gasteiger partial charge in [0.05, 0.1) is 12.6 Å². The maximum Gasteiger partial charge on any atom is 0.410 e. The maximum absolute atomic E-state index is 14.5. The number of nitrogens with one attached hydrogen (secondary N) is 2. The SMILES string of the molecule is CC(NP(=O)(O)OC[C@H]1O[C@@H](n2ccc(NC(=O)O)nc2=O)C(F)(F)[C@@H]1O)C(=O)N(C)C. The van der Waals surface area contributed by atoms with Crippen molar-refractivity contribution >= 4 is 25.6 Å². The summed E-state index contributed by atoms with van der Waals surface area (Å²) in [6.45, 7) is 0.291. The van der Waals surface area contributed by atoms with Crippen LogP contribution in [0.15, 0.2) is 17.1 Å². The molecule has 5 N–H and O–H groups in total. The van der Waals surface area contributed by atoms with Crippen LogP contribution in [0.25, 0.3) is 0 Å². The van der Waals surface area contributed by atoms with E-state index in [1.165, 1.54) is 21.0 Å². The van der Waals surface area contributed by atoms with Gasteiger partial charge in [0.1, 0.15) is 11.9 Å². The fourth-order valence-corrected chi connectivity index (χ4v) is 3.80. The number of aliphatic hydroxyl groups excluding tert-OH is 1. The normalized spacial score (nSPS) is 25.0. The first-order chi connectivity index (χ1) is 14.7. The van der Waals surface area contributed by atoms with Crippen LogP contribution in [-0.2, 0) is 18.6 Å². The molecule has 1 aromatic heterocycles. The number of aromatic nitrogens is 2. The number of halogens is 2. The van der Waals surface area contributed by atoms with Gasteiger partial charge in [-0.15, -0.1) is 0 Å². The quantitative estimate of drug-likeness (QED) is 0.296. The molecule has 32 heavy (non-hydrogen) atoms. The summed E-state index contributed by atoms with van der Waals surface area (Å²) in [4.78, 5) is 48.6. The average molecular weight is 485 g/mol. The third-order valence-corrected chi connectivity index (χ3v) is 5.49. The Morgan fingerprint density at radius 1 is 1.47 bits per heavy atom. The molecular weight excluding hydrogens is 463 g/mol. The Balaban J connectivity index is 2.12. The molecular formula is C15H22F2N5O9P. The lowest BCUT2D eigenvalue weighted by Gasteiger charge is -2.22. The van der Waals surface area contributed by atoms with Crippen molar-refractivity contribution in [3.05, 3.63) is 22.7 Å². The molecule has 5 atom stereocenters. The van der Waals surface area contributed by atoms with E-state index >= 15 is 0 Å². The second kappa shape index (κ2) is 9.56. The molecule has 0 spiro atoms. The molecule has 0 saturated carbocycles. The van der Waals surface area contributed by atoms with Crippen LogP contribution in [0, 0.1) is 0 Å². The van der Waals surface area contributed by atoms with E-state index in [9.17, 15) is 37.7 Å². The van der Waals surface area contributed by atoms with E-state index in [0.29, 0.717) is 4.57 Å². The van der Waals surface area contributed by atoms with Gasteiger partial charge in [-0.3, -0.25) is 19.2 Å². The van der Waals surface area contributed by atoms with E-state index < -0.39 is 68.3 Å². The van der Waals surface area contributed by atoms with Crippen LogP contribution in [-0.4, -0.2) is 86.4 Å². The molecule has 17 heteroatoms. The first-order valence-electron chi connectivity index (χ1n) is 8.92. The second-order valence-electron chi connectivity index (χ2n) is 6.98. The van der Waals surface area contributed by atoms with Crippen LogP contribution in [0.1, 0.15) is 13.2 Å². The van der Waals surface area contributed by atoms with Gasteiger partial charge in [-0.25, -0.2) is 19.2 Å². The molecule has 2 heterocycles. The molecule has 2 amide bonds. The number of rotatable bonds is 8. The number of ether oxygens (including phenoxy) is 1. The van der Waals surface area contributed by atoms with E-state index in [4.69, 9.17) is 9.84 Å². The summed E-state index contributed by atoms with van der Waals surface area (Å²) in [6.07, 6.45) is -7.47. The van der Waals surface area contributed by atoms with Gasteiger partial charge in [0.15, 0.2) is 6.10 Å². The number of amides is 2. The van der Waals surface area contributed by atoms with Crippen LogP contribution in [0.3, 0.4) is 0 Å². The highest BCUT2D eigenvalue weighted by molar-refractivity contribution is 7.50. The van der Waals surface area contributed by atoms with Crippen molar-refractivity contribution in [2.24, 2.45) is 0 Å². The summed E-state index contributed by atoms with van der Waals surface area (Å²) in [7, 11) is -1.84. The molecule has 1 aliphatic heterocycles. The average Bonchev–Trinajstić information content (AvgIpc) is 2.88. The highest BCUT2D eigenvalue weighted by Gasteiger charge is 2.60. The van der Waals surface area contributed by atoms with Crippen molar-refractivity contribution in [3.63, 3.8) is 0 Å². The molecule has 180 valence electrons. The molecule has 14 nitrogen and oxygen atoms in total. The highest BCUT2D eigenvalue weighted by Crippen LogP contribution is 2.44. The molecule has 1 aromatic rings. The Labute approximate surface area is 179 Å². The monoisotopic (exact) mass is 485 g/mol. The lowest BCUT2D eigenvalue weighted by atomic mass is 10.1. The van der Waals surface area contributed by atoms with Gasteiger partial charge in [0, 0.05) is 20.3 Å². The molecule has 1 fully saturated rings. The van der Waals surface area contributed by atoms with Crippen molar-refractivity contribution in [1.82, 2.24) is 19.5 Å². The number of carbonyl (C=O) groups is 2. The Morgan fingerprint density at radius 3 is 2.62 bits per heavy atom. The molecule has 0 aliphatic carbocycles. The fourth-order valence-electron chi connectivity index (χ4n) is 2.78. The van der Waals surface area contributed by atoms with Gasteiger partial charge >= 0.3 is 25.5 Å². The van der Waals surface area contributed by atoms with Crippen molar-refractivity contribution in [2.75, 3.05) is 26.0 Å². The summed E-state index contributed by atoms with van der Waals surface area (Å²) in [5.74, 6) is -5.02. The van der Waals surface area contributed by atoms with E-state index in [0.717, 1.165) is 17.2 Å². The summed E-state index contributed by atoms with van der Waals surface area (Å²) in [5.41, 5.74) is -1.31. The molecule has 1 saturated heterocycles. The number of alkyl halides is 2. The number of aliphatic hydroxyl groups is 1. The predicted molar refractivity (Wildman–Crippen MR) is 102 cm³/mol. The number of hydrogen-bond donors (Lipinski definition) is 5. The van der Waals surface area contributed by atoms with Crippen LogP contribution < -0.4 is 16.1 Å². The van der Waals surface area contributed by atoms with Gasteiger partial charge in [-0.05, 0) is 13.0 Å². The summed E-state index contributed by atoms with van der Waals surface area (Å²) < 4.78 is 51.2. The fraction of sp³-hybridized carbons (Fsp3) is 0.600. The van der Waals surface area contributed by atoms with E-state index in [1.54, 1.807) is 5.32 Å². The third kappa shape index (κ3) is 5.85. The number of likely N-dealkylation sites (N-methyl/N-ethyl adjacent to an activating group) is 1. The predicted octanol–water partition coefficient (Wildman–Crippen LogP) is -0.590. The molecule has 2 rings (SSSR count). The summed E-state index contributed by atoms with van der Waals surface area (Å²) in [6, 6.07) is -0.229. The molecule has 0 radical (unpaired) electrons. The van der Waals surface area contributed by atoms with E-state index in [1.807, 2.05) is 5.09 Å². The van der Waals surface area contributed by atoms with Crippen LogP contribution in [0.2, 0.25) is 0 Å². The van der Waals surface area contributed by atoms with E-state index in [-0.39, 0.29) is 0 Å². The zero-order valence-corrected chi connectivity index (χ0v) is 17.9. The minimum Gasteiger partial charge on any atom is -0.465 e. The number of anilines is 1. The first-order valence-corrected chi connectivity index (χ1v) is 10.5. The van der Waals surface area contributed by atoms with Crippen molar-refractivity contribution in [2.45, 2.75) is 37.3 Å². The van der Waals surface area contributed by atoms with Crippen molar-refractivity contribution < 1.29 is 47.3 Å². The Morgan fingerprint density at radius 2 is 2.09 bits per heavy atom. The lowest BCUT2D eigenvalue weighted by molar-refractivity contribution is -0.140. The Hall–Kier alpha value is -2.49. The Kier molecular flexibility index (Phi) is 7.70. The van der Waals surface area contributed by atoms with Gasteiger partial charge in [-0.2, -0.15) is 13.8 Å². The van der Waals surface area contributed by atoms with Gasteiger partial charge in [0.25, 0.3) is 0 Å². The zero-order valence-electron chi connectivity index (χ0n) is 17.0. The molecule has 0 bridgehead atoms. The topological polar surface area (TPSA) is 193 Å². The zero-order chi connectivity index (χ0) is 24.4. The number of carboxylic acid groups (broad SMARTS) is 1. The van der Waals surface area contributed by atoms with Crippen LogP contribution in [0.4, 0.5) is 19.4 Å². The van der Waals surface area contributed by atoms with Crippen molar-refractivity contribution in [1.29, 1.82) is 0 Å². The minimum absolute atomic E-state index is 0.324. The number of carbonyl (C=O) groups excluding carboxylic acids is 1. The lowest BCUT2D eigenvalue weighted by Crippen LogP contribution is -2.42. The largest absolute Gasteiger partial charge is 0.465 e. The minimum atomic E-state index is -4.66. The van der Waals surface area contributed by atoms with Crippen molar-refractivity contribution in [3.8, 4) is 0 Å².